The van der Waals surface area contributed by atoms with Gasteiger partial charge in [0.05, 0.1) is 6.20 Å². The minimum atomic E-state index is -0.0279. The number of urea groups is 1. The number of carbonyl (C=O) groups is 1. The Labute approximate surface area is 196 Å². The lowest BCUT2D eigenvalue weighted by Gasteiger charge is -2.37. The second kappa shape index (κ2) is 10.5. The van der Waals surface area contributed by atoms with Gasteiger partial charge in [-0.15, -0.1) is 0 Å². The molecule has 0 atom stereocenters. The summed E-state index contributed by atoms with van der Waals surface area (Å²) in [6.07, 6.45) is 10.7. The van der Waals surface area contributed by atoms with Crippen molar-refractivity contribution in [3.8, 4) is 11.1 Å². The molecule has 3 aromatic rings. The van der Waals surface area contributed by atoms with Gasteiger partial charge < -0.3 is 10.6 Å². The first kappa shape index (κ1) is 22.8. The monoisotopic (exact) mass is 446 g/mol. The average Bonchev–Trinajstić information content (AvgIpc) is 3.28. The summed E-state index contributed by atoms with van der Waals surface area (Å²) in [5.41, 5.74) is 4.34. The molecule has 1 saturated carbocycles. The Hall–Kier alpha value is -3.35. The molecule has 0 spiro atoms. The Morgan fingerprint density at radius 2 is 1.79 bits per heavy atom. The van der Waals surface area contributed by atoms with Gasteiger partial charge in [0, 0.05) is 49.3 Å². The number of benzene rings is 1. The molecule has 0 unspecified atom stereocenters. The van der Waals surface area contributed by atoms with Crippen LogP contribution in [0.2, 0.25) is 0 Å². The van der Waals surface area contributed by atoms with Gasteiger partial charge in [0.2, 0.25) is 0 Å². The van der Waals surface area contributed by atoms with Crippen molar-refractivity contribution < 1.29 is 4.79 Å². The van der Waals surface area contributed by atoms with Crippen LogP contribution < -0.4 is 15.5 Å². The summed E-state index contributed by atoms with van der Waals surface area (Å²) < 4.78 is 1.80. The van der Waals surface area contributed by atoms with E-state index in [0.717, 1.165) is 54.7 Å². The van der Waals surface area contributed by atoms with E-state index >= 15 is 0 Å². The van der Waals surface area contributed by atoms with E-state index in [1.807, 2.05) is 49.6 Å². The SMILES string of the molecule is CCNC(=O)N(c1ccc(-c2cnn(C)c2)cc1)C1CCC(Nc2ccc(CC)cn2)CC1. The van der Waals surface area contributed by atoms with Crippen LogP contribution in [0.15, 0.2) is 55.0 Å². The number of pyridine rings is 1. The molecule has 1 aromatic carbocycles. The fourth-order valence-electron chi connectivity index (χ4n) is 4.52. The number of hydrogen-bond donors (Lipinski definition) is 2. The molecular weight excluding hydrogens is 412 g/mol. The Kier molecular flexibility index (Phi) is 7.27. The Bertz CT molecular complexity index is 1040. The maximum atomic E-state index is 13.0. The maximum Gasteiger partial charge on any atom is 0.322 e. The van der Waals surface area contributed by atoms with Crippen LogP contribution in [0.25, 0.3) is 11.1 Å². The molecule has 1 aliphatic carbocycles. The van der Waals surface area contributed by atoms with Crippen molar-refractivity contribution >= 4 is 17.5 Å². The normalized spacial score (nSPS) is 18.0. The highest BCUT2D eigenvalue weighted by molar-refractivity contribution is 5.93. The van der Waals surface area contributed by atoms with E-state index in [1.54, 1.807) is 4.68 Å². The largest absolute Gasteiger partial charge is 0.367 e. The van der Waals surface area contributed by atoms with Crippen LogP contribution in [0, 0.1) is 0 Å². The molecule has 0 saturated heterocycles. The van der Waals surface area contributed by atoms with Crippen molar-refractivity contribution in [2.24, 2.45) is 7.05 Å². The molecule has 7 heteroatoms. The summed E-state index contributed by atoms with van der Waals surface area (Å²) in [4.78, 5) is 19.5. The quantitative estimate of drug-likeness (QED) is 0.535. The molecule has 0 radical (unpaired) electrons. The van der Waals surface area contributed by atoms with Crippen LogP contribution in [0.4, 0.5) is 16.3 Å². The predicted molar refractivity (Wildman–Crippen MR) is 133 cm³/mol. The van der Waals surface area contributed by atoms with Crippen LogP contribution in [0.5, 0.6) is 0 Å². The fraction of sp³-hybridized carbons (Fsp3) is 0.423. The lowest BCUT2D eigenvalue weighted by molar-refractivity contribution is 0.241. The average molecular weight is 447 g/mol. The topological polar surface area (TPSA) is 75.1 Å². The molecule has 2 amide bonds. The summed E-state index contributed by atoms with van der Waals surface area (Å²) in [7, 11) is 1.91. The third-order valence-corrected chi connectivity index (χ3v) is 6.38. The van der Waals surface area contributed by atoms with Crippen LogP contribution in [0.1, 0.15) is 45.1 Å². The summed E-state index contributed by atoms with van der Waals surface area (Å²) in [6, 6.07) is 12.9. The molecule has 33 heavy (non-hydrogen) atoms. The van der Waals surface area contributed by atoms with Crippen LogP contribution in [-0.2, 0) is 13.5 Å². The van der Waals surface area contributed by atoms with E-state index in [0.29, 0.717) is 12.6 Å². The number of hydrogen-bond acceptors (Lipinski definition) is 4. The minimum absolute atomic E-state index is 0.0279. The Balaban J connectivity index is 1.43. The van der Waals surface area contributed by atoms with E-state index in [1.165, 1.54) is 5.56 Å². The zero-order valence-electron chi connectivity index (χ0n) is 19.8. The van der Waals surface area contributed by atoms with Crippen molar-refractivity contribution in [1.82, 2.24) is 20.1 Å². The van der Waals surface area contributed by atoms with E-state index < -0.39 is 0 Å². The first-order chi connectivity index (χ1) is 16.1. The van der Waals surface area contributed by atoms with Gasteiger partial charge in [0.1, 0.15) is 5.82 Å². The molecule has 2 aromatic heterocycles. The number of amides is 2. The molecule has 0 aliphatic heterocycles. The van der Waals surface area contributed by atoms with E-state index in [-0.39, 0.29) is 12.1 Å². The molecule has 174 valence electrons. The second-order valence-corrected chi connectivity index (χ2v) is 8.71. The Morgan fingerprint density at radius 3 is 2.36 bits per heavy atom. The number of nitrogens with zero attached hydrogens (tertiary/aromatic N) is 4. The van der Waals surface area contributed by atoms with Gasteiger partial charge >= 0.3 is 6.03 Å². The third kappa shape index (κ3) is 5.53. The Morgan fingerprint density at radius 1 is 1.03 bits per heavy atom. The molecule has 1 fully saturated rings. The molecule has 4 rings (SSSR count). The summed E-state index contributed by atoms with van der Waals surface area (Å²) in [6.45, 7) is 4.71. The van der Waals surface area contributed by atoms with E-state index in [2.05, 4.69) is 51.9 Å². The molecule has 2 heterocycles. The number of carbonyl (C=O) groups excluding carboxylic acids is 1. The second-order valence-electron chi connectivity index (χ2n) is 8.71. The smallest absolute Gasteiger partial charge is 0.322 e. The van der Waals surface area contributed by atoms with Crippen molar-refractivity contribution in [2.75, 3.05) is 16.8 Å². The summed E-state index contributed by atoms with van der Waals surface area (Å²) in [5.74, 6) is 0.933. The number of aryl methyl sites for hydroxylation is 2. The lowest BCUT2D eigenvalue weighted by atomic mass is 9.89. The van der Waals surface area contributed by atoms with Crippen molar-refractivity contribution in [2.45, 2.75) is 58.0 Å². The van der Waals surface area contributed by atoms with Gasteiger partial charge in [-0.3, -0.25) is 9.58 Å². The zero-order chi connectivity index (χ0) is 23.2. The predicted octanol–water partition coefficient (Wildman–Crippen LogP) is 5.00. The van der Waals surface area contributed by atoms with Crippen LogP contribution >= 0.6 is 0 Å². The summed E-state index contributed by atoms with van der Waals surface area (Å²) >= 11 is 0. The number of rotatable bonds is 7. The van der Waals surface area contributed by atoms with Gasteiger partial charge in [0.25, 0.3) is 0 Å². The number of anilines is 2. The molecule has 0 bridgehead atoms. The number of aromatic nitrogens is 3. The molecule has 7 nitrogen and oxygen atoms in total. The highest BCUT2D eigenvalue weighted by Gasteiger charge is 2.30. The van der Waals surface area contributed by atoms with Gasteiger partial charge in [0.15, 0.2) is 0 Å². The molecular formula is C26H34N6O. The highest BCUT2D eigenvalue weighted by atomic mass is 16.2. The standard InChI is InChI=1S/C26H34N6O/c1-4-19-6-15-25(28-16-19)30-22-9-13-24(14-10-22)32(26(33)27-5-2)23-11-7-20(8-12-23)21-17-29-31(3)18-21/h6-8,11-12,15-18,22,24H,4-5,9-10,13-14H2,1-3H3,(H,27,33)(H,28,30). The molecule has 2 N–H and O–H groups in total. The van der Waals surface area contributed by atoms with Gasteiger partial charge in [-0.05, 0) is 68.4 Å². The summed E-state index contributed by atoms with van der Waals surface area (Å²) in [5, 5.41) is 10.8. The van der Waals surface area contributed by atoms with Gasteiger partial charge in [-0.2, -0.15) is 5.10 Å². The first-order valence-corrected chi connectivity index (χ1v) is 11.9. The highest BCUT2D eigenvalue weighted by Crippen LogP contribution is 2.30. The van der Waals surface area contributed by atoms with E-state index in [9.17, 15) is 4.79 Å². The van der Waals surface area contributed by atoms with Crippen LogP contribution in [-0.4, -0.2) is 39.4 Å². The van der Waals surface area contributed by atoms with E-state index in [4.69, 9.17) is 0 Å². The fourth-order valence-corrected chi connectivity index (χ4v) is 4.52. The van der Waals surface area contributed by atoms with Crippen molar-refractivity contribution in [3.05, 3.63) is 60.6 Å². The minimum Gasteiger partial charge on any atom is -0.367 e. The van der Waals surface area contributed by atoms with Gasteiger partial charge in [-0.1, -0.05) is 25.1 Å². The van der Waals surface area contributed by atoms with Crippen molar-refractivity contribution in [3.63, 3.8) is 0 Å². The van der Waals surface area contributed by atoms with Gasteiger partial charge in [-0.25, -0.2) is 9.78 Å². The van der Waals surface area contributed by atoms with Crippen molar-refractivity contribution in [1.29, 1.82) is 0 Å². The zero-order valence-corrected chi connectivity index (χ0v) is 19.8. The third-order valence-electron chi connectivity index (χ3n) is 6.38. The molecule has 1 aliphatic rings. The lowest BCUT2D eigenvalue weighted by Crippen LogP contribution is -2.48. The number of nitrogens with one attached hydrogen (secondary N) is 2. The van der Waals surface area contributed by atoms with Crippen LogP contribution in [0.3, 0.4) is 0 Å². The first-order valence-electron chi connectivity index (χ1n) is 11.9. The maximum absolute atomic E-state index is 13.0.